The Labute approximate surface area is 96.3 Å². The summed E-state index contributed by atoms with van der Waals surface area (Å²) in [5.74, 6) is 0. The first-order valence-electron chi connectivity index (χ1n) is 0. The van der Waals surface area contributed by atoms with Gasteiger partial charge in [0.25, 0.3) is 0 Å². The van der Waals surface area contributed by atoms with Crippen molar-refractivity contribution in [2.24, 2.45) is 0 Å². The summed E-state index contributed by atoms with van der Waals surface area (Å²) in [5.41, 5.74) is 0. The molecule has 0 fully saturated rings. The van der Waals surface area contributed by atoms with Crippen LogP contribution in [0.15, 0.2) is 0 Å². The van der Waals surface area contributed by atoms with Crippen molar-refractivity contribution in [3.05, 3.63) is 0 Å². The van der Waals surface area contributed by atoms with Crippen LogP contribution >= 0.6 is 0 Å². The molecule has 27 valence electrons. The molecule has 0 heterocycles. The Balaban J connectivity index is 0. The summed E-state index contributed by atoms with van der Waals surface area (Å²) in [6.07, 6.45) is 0. The first-order valence-corrected chi connectivity index (χ1v) is 0. The second-order valence-corrected chi connectivity index (χ2v) is 0. The van der Waals surface area contributed by atoms with Crippen LogP contribution in [0.25, 0.3) is 0 Å². The van der Waals surface area contributed by atoms with Crippen molar-refractivity contribution in [2.75, 3.05) is 0 Å². The Morgan fingerprint density at radius 3 is 0.800 bits per heavy atom. The SMILES string of the molecule is [AlH3].[AlH3].[Au].[H-].[H-].[Li+].[Li+]. The van der Waals surface area contributed by atoms with Crippen molar-refractivity contribution in [1.29, 1.82) is 0 Å². The van der Waals surface area contributed by atoms with Gasteiger partial charge in [0.05, 0.1) is 0 Å². The van der Waals surface area contributed by atoms with Gasteiger partial charge in [0.1, 0.15) is 0 Å². The topological polar surface area (TPSA) is 0 Å². The zero-order chi connectivity index (χ0) is 0. The van der Waals surface area contributed by atoms with Gasteiger partial charge in [-0.1, -0.05) is 0 Å². The molecule has 0 spiro atoms. The molecule has 0 saturated carbocycles. The average molecular weight is 273 g/mol. The van der Waals surface area contributed by atoms with Gasteiger partial charge in [-0.05, 0) is 0 Å². The Morgan fingerprint density at radius 1 is 0.800 bits per heavy atom. The first kappa shape index (κ1) is 43.6. The van der Waals surface area contributed by atoms with Crippen molar-refractivity contribution >= 4 is 34.7 Å². The maximum atomic E-state index is 0. The van der Waals surface area contributed by atoms with E-state index in [1.165, 1.54) is 0 Å². The molecule has 0 unspecified atom stereocenters. The molecule has 0 amide bonds. The van der Waals surface area contributed by atoms with Crippen LogP contribution in [0, 0.1) is 0 Å². The van der Waals surface area contributed by atoms with Crippen LogP contribution in [0.5, 0.6) is 0 Å². The van der Waals surface area contributed by atoms with Crippen LogP contribution in [0.2, 0.25) is 0 Å². The van der Waals surface area contributed by atoms with E-state index in [2.05, 4.69) is 0 Å². The maximum absolute atomic E-state index is 0. The largest absolute Gasteiger partial charge is 1.00 e. The molecule has 0 aromatic rings. The van der Waals surface area contributed by atoms with E-state index < -0.39 is 0 Å². The molecule has 0 nitrogen and oxygen atoms in total. The molecule has 0 aliphatic heterocycles. The van der Waals surface area contributed by atoms with E-state index in [-0.39, 0.29) is 97.7 Å². The summed E-state index contributed by atoms with van der Waals surface area (Å²) in [7, 11) is 0. The Hall–Kier alpha value is 3.00. The summed E-state index contributed by atoms with van der Waals surface area (Å²) < 4.78 is 0. The Kier molecular flexibility index (Phi) is 244. The third-order valence-corrected chi connectivity index (χ3v) is 0. The third-order valence-electron chi connectivity index (χ3n) is 0. The van der Waals surface area contributed by atoms with E-state index in [1.54, 1.807) is 0 Å². The van der Waals surface area contributed by atoms with Gasteiger partial charge in [-0.3, -0.25) is 0 Å². The van der Waals surface area contributed by atoms with E-state index in [4.69, 9.17) is 0 Å². The average Bonchev–Trinajstić information content (AvgIpc) is 0. The van der Waals surface area contributed by atoms with E-state index >= 15 is 0 Å². The summed E-state index contributed by atoms with van der Waals surface area (Å²) in [6, 6.07) is 0. The quantitative estimate of drug-likeness (QED) is 0.385. The minimum Gasteiger partial charge on any atom is -1.00 e. The normalized spacial score (nSPS) is 0. The molecule has 5 heteroatoms. The Bertz CT molecular complexity index is 13.7. The minimum absolute atomic E-state index is 0. The predicted octanol–water partition coefficient (Wildman–Crippen LogP) is -8.14. The predicted molar refractivity (Wildman–Crippen MR) is 22.1 cm³/mol. The van der Waals surface area contributed by atoms with Gasteiger partial charge >= 0.3 is 37.7 Å². The number of hydrogen-bond acceptors (Lipinski definition) is 0. The molecule has 5 heavy (non-hydrogen) atoms. The van der Waals surface area contributed by atoms with Crippen molar-refractivity contribution < 1.29 is 63.0 Å². The van der Waals surface area contributed by atoms with E-state index in [1.807, 2.05) is 0 Å². The number of hydrogen-bond donors (Lipinski definition) is 0. The molecule has 0 aliphatic rings. The second kappa shape index (κ2) is 28.0. The second-order valence-electron chi connectivity index (χ2n) is 0. The van der Waals surface area contributed by atoms with Gasteiger partial charge in [0.15, 0.2) is 34.7 Å². The van der Waals surface area contributed by atoms with Gasteiger partial charge in [-0.15, -0.1) is 0 Å². The van der Waals surface area contributed by atoms with Crippen molar-refractivity contribution in [2.45, 2.75) is 0 Å². The molecule has 0 aromatic heterocycles. The van der Waals surface area contributed by atoms with Crippen LogP contribution in [-0.4, -0.2) is 34.7 Å². The summed E-state index contributed by atoms with van der Waals surface area (Å²) in [4.78, 5) is 0. The zero-order valence-corrected chi connectivity index (χ0v) is 4.47. The van der Waals surface area contributed by atoms with Crippen LogP contribution in [-0.2, 0) is 22.4 Å². The molecule has 0 N–H and O–H groups in total. The fourth-order valence-electron chi connectivity index (χ4n) is 0. The smallest absolute Gasteiger partial charge is 1.00 e. The molecular weight excluding hydrogens is 265 g/mol. The summed E-state index contributed by atoms with van der Waals surface area (Å²) in [6.45, 7) is 0. The van der Waals surface area contributed by atoms with Crippen LogP contribution < -0.4 is 37.7 Å². The molecule has 0 saturated heterocycles. The molecule has 0 bridgehead atoms. The monoisotopic (exact) mass is 273 g/mol. The maximum Gasteiger partial charge on any atom is 1.00 e. The van der Waals surface area contributed by atoms with E-state index in [0.717, 1.165) is 0 Å². The molecule has 0 atom stereocenters. The van der Waals surface area contributed by atoms with E-state index in [0.29, 0.717) is 0 Å². The molecule has 0 rings (SSSR count). The van der Waals surface area contributed by atoms with Crippen LogP contribution in [0.3, 0.4) is 0 Å². The van der Waals surface area contributed by atoms with Crippen LogP contribution in [0.4, 0.5) is 0 Å². The molecule has 1 radical (unpaired) electrons. The van der Waals surface area contributed by atoms with Gasteiger partial charge in [0, 0.05) is 22.4 Å². The van der Waals surface area contributed by atoms with Gasteiger partial charge in [-0.2, -0.15) is 0 Å². The van der Waals surface area contributed by atoms with Gasteiger partial charge in [0.2, 0.25) is 0 Å². The zero-order valence-electron chi connectivity index (χ0n) is 4.30. The third kappa shape index (κ3) is 19.4. The molecular formula is H8Al2AuLi2. The summed E-state index contributed by atoms with van der Waals surface area (Å²) >= 11 is 0. The Morgan fingerprint density at radius 2 is 0.800 bits per heavy atom. The fourth-order valence-corrected chi connectivity index (χ4v) is 0. The molecule has 0 aliphatic carbocycles. The first-order chi connectivity index (χ1) is 0. The number of rotatable bonds is 0. The van der Waals surface area contributed by atoms with Crippen molar-refractivity contribution in [1.82, 2.24) is 0 Å². The minimum atomic E-state index is 0. The van der Waals surface area contributed by atoms with Crippen molar-refractivity contribution in [3.8, 4) is 0 Å². The van der Waals surface area contributed by atoms with Crippen LogP contribution in [0.1, 0.15) is 2.85 Å². The fraction of sp³-hybridized carbons (Fsp3) is 0. The summed E-state index contributed by atoms with van der Waals surface area (Å²) in [5, 5.41) is 0. The van der Waals surface area contributed by atoms with Gasteiger partial charge in [-0.25, -0.2) is 0 Å². The standard InChI is InChI=1S/2Al.Au.2Li.8H/q;;;2*+1;;;;;;;2*-1. The van der Waals surface area contributed by atoms with Gasteiger partial charge < -0.3 is 2.85 Å². The molecule has 0 aromatic carbocycles. The van der Waals surface area contributed by atoms with Crippen molar-refractivity contribution in [3.63, 3.8) is 0 Å². The van der Waals surface area contributed by atoms with E-state index in [9.17, 15) is 0 Å².